The molecule has 1 fully saturated rings. The molecular formula is C23H20Cl2N4O. The van der Waals surface area contributed by atoms with Gasteiger partial charge in [0.05, 0.1) is 35.3 Å². The number of benzene rings is 1. The van der Waals surface area contributed by atoms with E-state index in [0.717, 1.165) is 66.7 Å². The van der Waals surface area contributed by atoms with Gasteiger partial charge in [-0.1, -0.05) is 35.3 Å². The van der Waals surface area contributed by atoms with Gasteiger partial charge in [0.2, 0.25) is 0 Å². The first kappa shape index (κ1) is 19.5. The van der Waals surface area contributed by atoms with Crippen LogP contribution in [0.5, 0.6) is 0 Å². The molecule has 3 aromatic heterocycles. The van der Waals surface area contributed by atoms with Crippen LogP contribution < -0.4 is 0 Å². The Hall–Kier alpha value is -2.44. The van der Waals surface area contributed by atoms with Gasteiger partial charge in [-0.05, 0) is 36.4 Å². The molecule has 0 spiro atoms. The molecule has 1 aromatic carbocycles. The zero-order valence-electron chi connectivity index (χ0n) is 16.3. The van der Waals surface area contributed by atoms with Gasteiger partial charge in [-0.15, -0.1) is 0 Å². The summed E-state index contributed by atoms with van der Waals surface area (Å²) in [5.41, 5.74) is 5.74. The molecule has 7 heteroatoms. The third-order valence-corrected chi connectivity index (χ3v) is 5.90. The summed E-state index contributed by atoms with van der Waals surface area (Å²) >= 11 is 12.5. The number of morpholine rings is 1. The lowest BCUT2D eigenvalue weighted by molar-refractivity contribution is 0.0336. The molecule has 0 amide bonds. The van der Waals surface area contributed by atoms with Gasteiger partial charge in [0, 0.05) is 48.2 Å². The fourth-order valence-electron chi connectivity index (χ4n) is 3.79. The lowest BCUT2D eigenvalue weighted by Crippen LogP contribution is -2.36. The van der Waals surface area contributed by atoms with Gasteiger partial charge in [0.1, 0.15) is 5.65 Å². The van der Waals surface area contributed by atoms with Crippen molar-refractivity contribution >= 4 is 28.8 Å². The predicted octanol–water partition coefficient (Wildman–Crippen LogP) is 5.20. The Morgan fingerprint density at radius 2 is 1.67 bits per heavy atom. The van der Waals surface area contributed by atoms with Gasteiger partial charge in [0.25, 0.3) is 0 Å². The molecule has 0 atom stereocenters. The summed E-state index contributed by atoms with van der Waals surface area (Å²) in [6.07, 6.45) is 3.83. The van der Waals surface area contributed by atoms with E-state index >= 15 is 0 Å². The first-order valence-corrected chi connectivity index (χ1v) is 10.6. The number of aromatic nitrogens is 3. The van der Waals surface area contributed by atoms with E-state index in [0.29, 0.717) is 10.0 Å². The van der Waals surface area contributed by atoms with Crippen LogP contribution in [0.2, 0.25) is 10.0 Å². The second-order valence-electron chi connectivity index (χ2n) is 7.28. The summed E-state index contributed by atoms with van der Waals surface area (Å²) in [6.45, 7) is 4.09. The molecule has 0 N–H and O–H groups in total. The van der Waals surface area contributed by atoms with Crippen LogP contribution in [0.25, 0.3) is 28.2 Å². The molecule has 5 rings (SSSR count). The summed E-state index contributed by atoms with van der Waals surface area (Å²) in [4.78, 5) is 11.8. The van der Waals surface area contributed by atoms with Crippen LogP contribution in [-0.4, -0.2) is 45.6 Å². The normalized spacial score (nSPS) is 15.0. The highest BCUT2D eigenvalue weighted by Gasteiger charge is 2.19. The highest BCUT2D eigenvalue weighted by Crippen LogP contribution is 2.30. The Labute approximate surface area is 184 Å². The van der Waals surface area contributed by atoms with Gasteiger partial charge in [-0.25, -0.2) is 4.98 Å². The van der Waals surface area contributed by atoms with Crippen molar-refractivity contribution in [3.8, 4) is 22.5 Å². The topological polar surface area (TPSA) is 42.7 Å². The molecule has 1 aliphatic heterocycles. The van der Waals surface area contributed by atoms with E-state index in [4.69, 9.17) is 32.9 Å². The van der Waals surface area contributed by atoms with E-state index < -0.39 is 0 Å². The van der Waals surface area contributed by atoms with Crippen LogP contribution in [0.4, 0.5) is 0 Å². The number of pyridine rings is 2. The van der Waals surface area contributed by atoms with Crippen molar-refractivity contribution in [3.63, 3.8) is 0 Å². The van der Waals surface area contributed by atoms with Gasteiger partial charge >= 0.3 is 0 Å². The van der Waals surface area contributed by atoms with E-state index in [1.54, 1.807) is 6.20 Å². The van der Waals surface area contributed by atoms with Crippen LogP contribution in [0.1, 0.15) is 5.69 Å². The van der Waals surface area contributed by atoms with Crippen molar-refractivity contribution in [1.29, 1.82) is 0 Å². The highest BCUT2D eigenvalue weighted by molar-refractivity contribution is 6.33. The molecule has 0 radical (unpaired) electrons. The van der Waals surface area contributed by atoms with E-state index in [-0.39, 0.29) is 0 Å². The lowest BCUT2D eigenvalue weighted by Gasteiger charge is -2.26. The number of rotatable bonds is 4. The third kappa shape index (κ3) is 3.82. The van der Waals surface area contributed by atoms with Crippen molar-refractivity contribution in [2.75, 3.05) is 26.3 Å². The molecule has 152 valence electrons. The number of hydrogen-bond donors (Lipinski definition) is 0. The molecule has 1 saturated heterocycles. The monoisotopic (exact) mass is 438 g/mol. The molecule has 0 bridgehead atoms. The smallest absolute Gasteiger partial charge is 0.137 e. The second-order valence-corrected chi connectivity index (χ2v) is 8.13. The quantitative estimate of drug-likeness (QED) is 0.438. The summed E-state index contributed by atoms with van der Waals surface area (Å²) in [5, 5.41) is 1.34. The van der Waals surface area contributed by atoms with Gasteiger partial charge in [-0.3, -0.25) is 9.88 Å². The van der Waals surface area contributed by atoms with E-state index in [1.165, 1.54) is 0 Å². The van der Waals surface area contributed by atoms with Crippen molar-refractivity contribution in [3.05, 3.63) is 76.7 Å². The average molecular weight is 439 g/mol. The van der Waals surface area contributed by atoms with Crippen LogP contribution in [-0.2, 0) is 11.3 Å². The van der Waals surface area contributed by atoms with Crippen LogP contribution >= 0.6 is 23.2 Å². The Morgan fingerprint density at radius 1 is 0.900 bits per heavy atom. The first-order chi connectivity index (χ1) is 14.7. The van der Waals surface area contributed by atoms with Crippen LogP contribution in [0.15, 0.2) is 60.9 Å². The number of ether oxygens (including phenoxy) is 1. The molecule has 30 heavy (non-hydrogen) atoms. The summed E-state index contributed by atoms with van der Waals surface area (Å²) in [7, 11) is 0. The molecular weight excluding hydrogens is 419 g/mol. The van der Waals surface area contributed by atoms with Crippen molar-refractivity contribution in [2.45, 2.75) is 6.54 Å². The molecule has 0 saturated carbocycles. The fraction of sp³-hybridized carbons (Fsp3) is 0.217. The van der Waals surface area contributed by atoms with E-state index in [2.05, 4.69) is 20.5 Å². The minimum Gasteiger partial charge on any atom is -0.379 e. The second kappa shape index (κ2) is 8.36. The molecule has 0 unspecified atom stereocenters. The Kier molecular flexibility index (Phi) is 5.44. The van der Waals surface area contributed by atoms with Gasteiger partial charge < -0.3 is 9.14 Å². The third-order valence-electron chi connectivity index (χ3n) is 5.34. The number of hydrogen-bond acceptors (Lipinski definition) is 4. The summed E-state index contributed by atoms with van der Waals surface area (Å²) in [5.74, 6) is 0. The van der Waals surface area contributed by atoms with Gasteiger partial charge in [-0.2, -0.15) is 0 Å². The number of halogens is 2. The highest BCUT2D eigenvalue weighted by atomic mass is 35.5. The molecule has 4 aromatic rings. The van der Waals surface area contributed by atoms with Gasteiger partial charge in [0.15, 0.2) is 0 Å². The predicted molar refractivity (Wildman–Crippen MR) is 120 cm³/mol. The SMILES string of the molecule is Clc1ccc(-c2nc3ccc(-c4ncccc4Cl)cn3c2CN2CCOCC2)cc1. The fourth-order valence-corrected chi connectivity index (χ4v) is 4.15. The van der Waals surface area contributed by atoms with Crippen LogP contribution in [0.3, 0.4) is 0 Å². The number of imidazole rings is 1. The van der Waals surface area contributed by atoms with Crippen molar-refractivity contribution < 1.29 is 4.74 Å². The maximum atomic E-state index is 6.40. The zero-order valence-corrected chi connectivity index (χ0v) is 17.8. The Morgan fingerprint density at radius 3 is 2.43 bits per heavy atom. The number of nitrogens with zero attached hydrogens (tertiary/aromatic N) is 4. The van der Waals surface area contributed by atoms with Crippen molar-refractivity contribution in [1.82, 2.24) is 19.3 Å². The van der Waals surface area contributed by atoms with E-state index in [9.17, 15) is 0 Å². The van der Waals surface area contributed by atoms with Crippen LogP contribution in [0, 0.1) is 0 Å². The first-order valence-electron chi connectivity index (χ1n) is 9.87. The number of fused-ring (bicyclic) bond motifs is 1. The Balaban J connectivity index is 1.65. The maximum absolute atomic E-state index is 6.40. The largest absolute Gasteiger partial charge is 0.379 e. The minimum atomic E-state index is 0.629. The van der Waals surface area contributed by atoms with E-state index in [1.807, 2.05) is 48.5 Å². The molecule has 5 nitrogen and oxygen atoms in total. The minimum absolute atomic E-state index is 0.629. The zero-order chi connectivity index (χ0) is 20.5. The molecule has 4 heterocycles. The standard InChI is InChI=1S/C23H20Cl2N4O/c24-18-6-3-16(4-7-18)23-20(15-28-10-12-30-13-11-28)29-14-17(5-8-21(29)27-23)22-19(25)2-1-9-26-22/h1-9,14H,10-13,15H2. The average Bonchev–Trinajstić information content (AvgIpc) is 3.13. The molecule has 0 aliphatic carbocycles. The molecule has 1 aliphatic rings. The maximum Gasteiger partial charge on any atom is 0.137 e. The Bertz CT molecular complexity index is 1180. The lowest BCUT2D eigenvalue weighted by atomic mass is 10.1. The summed E-state index contributed by atoms with van der Waals surface area (Å²) < 4.78 is 7.68. The van der Waals surface area contributed by atoms with Crippen molar-refractivity contribution in [2.24, 2.45) is 0 Å². The summed E-state index contributed by atoms with van der Waals surface area (Å²) in [6, 6.07) is 15.6.